The third kappa shape index (κ3) is 5.24. The highest BCUT2D eigenvalue weighted by Crippen LogP contribution is 2.36. The zero-order chi connectivity index (χ0) is 24.4. The number of halogens is 3. The van der Waals surface area contributed by atoms with E-state index in [0.717, 1.165) is 14.9 Å². The summed E-state index contributed by atoms with van der Waals surface area (Å²) in [6, 6.07) is 15.7. The molecule has 4 rings (SSSR count). The summed E-state index contributed by atoms with van der Waals surface area (Å²) in [5.41, 5.74) is 1.34. The summed E-state index contributed by atoms with van der Waals surface area (Å²) in [6.45, 7) is 0.252. The van der Waals surface area contributed by atoms with Crippen molar-refractivity contribution in [1.29, 1.82) is 0 Å². The molecule has 0 aromatic heterocycles. The van der Waals surface area contributed by atoms with Gasteiger partial charge in [0.2, 0.25) is 0 Å². The lowest BCUT2D eigenvalue weighted by Crippen LogP contribution is -2.54. The van der Waals surface area contributed by atoms with Crippen LogP contribution in [-0.2, 0) is 16.2 Å². The van der Waals surface area contributed by atoms with Crippen LogP contribution >= 0.6 is 47.8 Å². The van der Waals surface area contributed by atoms with E-state index in [1.54, 1.807) is 12.1 Å². The standard InChI is InChI=1S/C24H15Br3N2O5/c25-15-3-1-13(2-4-15)12-34-21-14(9-16(26)11-20(21)27)10-19-22(31)28-24(33)29(23(19)32)17-5-7-18(30)8-6-17/h1-11,30H,12H2,(H,28,31,33)/b19-10+. The van der Waals surface area contributed by atoms with Crippen LogP contribution in [0.15, 0.2) is 79.7 Å². The summed E-state index contributed by atoms with van der Waals surface area (Å²) in [6.07, 6.45) is 1.38. The van der Waals surface area contributed by atoms with Crippen molar-refractivity contribution in [2.45, 2.75) is 6.61 Å². The first-order chi connectivity index (χ1) is 16.2. The maximum absolute atomic E-state index is 13.2. The highest BCUT2D eigenvalue weighted by Gasteiger charge is 2.37. The second-order valence-electron chi connectivity index (χ2n) is 7.20. The number of amides is 4. The zero-order valence-corrected chi connectivity index (χ0v) is 22.0. The van der Waals surface area contributed by atoms with Gasteiger partial charge in [-0.1, -0.05) is 44.0 Å². The number of nitrogens with one attached hydrogen (secondary N) is 1. The van der Waals surface area contributed by atoms with Crippen molar-refractivity contribution in [1.82, 2.24) is 5.32 Å². The fourth-order valence-electron chi connectivity index (χ4n) is 3.23. The van der Waals surface area contributed by atoms with Gasteiger partial charge in [0.25, 0.3) is 11.8 Å². The predicted molar refractivity (Wildman–Crippen MR) is 137 cm³/mol. The third-order valence-corrected chi connectivity index (χ3v) is 6.42. The Morgan fingerprint density at radius 1 is 0.912 bits per heavy atom. The van der Waals surface area contributed by atoms with Crippen LogP contribution < -0.4 is 15.0 Å². The number of anilines is 1. The Labute approximate surface area is 219 Å². The van der Waals surface area contributed by atoms with Crippen LogP contribution in [-0.4, -0.2) is 23.0 Å². The molecular weight excluding hydrogens is 636 g/mol. The van der Waals surface area contributed by atoms with Crippen LogP contribution in [0.1, 0.15) is 11.1 Å². The molecule has 1 fully saturated rings. The monoisotopic (exact) mass is 648 g/mol. The Morgan fingerprint density at radius 3 is 2.26 bits per heavy atom. The second kappa shape index (κ2) is 10.1. The maximum Gasteiger partial charge on any atom is 0.335 e. The quantitative estimate of drug-likeness (QED) is 0.264. The average Bonchev–Trinajstić information content (AvgIpc) is 2.78. The van der Waals surface area contributed by atoms with Gasteiger partial charge in [-0.2, -0.15) is 0 Å². The van der Waals surface area contributed by atoms with Gasteiger partial charge >= 0.3 is 6.03 Å². The van der Waals surface area contributed by atoms with E-state index in [2.05, 4.69) is 53.1 Å². The minimum absolute atomic E-state index is 0.0213. The molecule has 3 aromatic carbocycles. The largest absolute Gasteiger partial charge is 0.508 e. The molecule has 0 atom stereocenters. The van der Waals surface area contributed by atoms with E-state index >= 15 is 0 Å². The topological polar surface area (TPSA) is 95.9 Å². The number of urea groups is 1. The summed E-state index contributed by atoms with van der Waals surface area (Å²) < 4.78 is 8.28. The summed E-state index contributed by atoms with van der Waals surface area (Å²) in [7, 11) is 0. The Bertz CT molecular complexity index is 1320. The third-order valence-electron chi connectivity index (χ3n) is 4.84. The molecule has 0 spiro atoms. The number of imide groups is 2. The smallest absolute Gasteiger partial charge is 0.335 e. The van der Waals surface area contributed by atoms with Crippen molar-refractivity contribution in [3.63, 3.8) is 0 Å². The predicted octanol–water partition coefficient (Wildman–Crippen LogP) is 5.93. The molecule has 10 heteroatoms. The lowest BCUT2D eigenvalue weighted by Gasteiger charge is -2.26. The molecule has 1 heterocycles. The van der Waals surface area contributed by atoms with Crippen molar-refractivity contribution in [2.24, 2.45) is 0 Å². The average molecular weight is 651 g/mol. The van der Waals surface area contributed by atoms with Crippen LogP contribution in [0.2, 0.25) is 0 Å². The molecule has 0 radical (unpaired) electrons. The molecule has 0 aliphatic carbocycles. The van der Waals surface area contributed by atoms with Gasteiger partial charge in [0, 0.05) is 14.5 Å². The Kier molecular flexibility index (Phi) is 7.20. The number of hydrogen-bond donors (Lipinski definition) is 2. The lowest BCUT2D eigenvalue weighted by molar-refractivity contribution is -0.122. The van der Waals surface area contributed by atoms with Crippen LogP contribution in [0.5, 0.6) is 11.5 Å². The number of barbiturate groups is 1. The van der Waals surface area contributed by atoms with Crippen LogP contribution in [0.4, 0.5) is 10.5 Å². The van der Waals surface area contributed by atoms with Crippen LogP contribution in [0.25, 0.3) is 6.08 Å². The number of nitrogens with zero attached hydrogens (tertiary/aromatic N) is 1. The number of ether oxygens (including phenoxy) is 1. The van der Waals surface area contributed by atoms with Crippen molar-refractivity contribution in [2.75, 3.05) is 4.90 Å². The van der Waals surface area contributed by atoms with Gasteiger partial charge in [0.1, 0.15) is 23.7 Å². The molecule has 1 aliphatic heterocycles. The van der Waals surface area contributed by atoms with E-state index in [9.17, 15) is 19.5 Å². The second-order valence-corrected chi connectivity index (χ2v) is 9.88. The Hall–Kier alpha value is -2.95. The minimum Gasteiger partial charge on any atom is -0.508 e. The molecule has 2 N–H and O–H groups in total. The molecule has 7 nitrogen and oxygen atoms in total. The molecule has 1 aliphatic rings. The Morgan fingerprint density at radius 2 is 1.59 bits per heavy atom. The first-order valence-corrected chi connectivity index (χ1v) is 12.2. The number of carbonyl (C=O) groups excluding carboxylic acids is 3. The van der Waals surface area contributed by atoms with E-state index in [1.807, 2.05) is 24.3 Å². The van der Waals surface area contributed by atoms with Crippen molar-refractivity contribution in [3.8, 4) is 11.5 Å². The SMILES string of the molecule is O=C1NC(=O)N(c2ccc(O)cc2)C(=O)/C1=C/c1cc(Br)cc(Br)c1OCc1ccc(Br)cc1. The molecule has 172 valence electrons. The van der Waals surface area contributed by atoms with Gasteiger partial charge in [-0.15, -0.1) is 0 Å². The van der Waals surface area contributed by atoms with E-state index in [-0.39, 0.29) is 23.6 Å². The highest BCUT2D eigenvalue weighted by atomic mass is 79.9. The molecule has 3 aromatic rings. The van der Waals surface area contributed by atoms with Gasteiger partial charge in [-0.3, -0.25) is 14.9 Å². The number of phenols is 1. The molecule has 4 amide bonds. The van der Waals surface area contributed by atoms with E-state index < -0.39 is 17.8 Å². The van der Waals surface area contributed by atoms with Crippen molar-refractivity contribution in [3.05, 3.63) is 90.8 Å². The lowest BCUT2D eigenvalue weighted by atomic mass is 10.1. The fraction of sp³-hybridized carbons (Fsp3) is 0.0417. The van der Waals surface area contributed by atoms with E-state index in [1.165, 1.54) is 30.3 Å². The molecule has 1 saturated heterocycles. The van der Waals surface area contributed by atoms with Crippen molar-refractivity contribution < 1.29 is 24.2 Å². The maximum atomic E-state index is 13.2. The van der Waals surface area contributed by atoms with Gasteiger partial charge < -0.3 is 9.84 Å². The van der Waals surface area contributed by atoms with Gasteiger partial charge in [0.15, 0.2) is 0 Å². The zero-order valence-electron chi connectivity index (χ0n) is 17.2. The molecule has 0 saturated carbocycles. The van der Waals surface area contributed by atoms with Crippen LogP contribution in [0, 0.1) is 0 Å². The number of hydrogen-bond acceptors (Lipinski definition) is 5. The van der Waals surface area contributed by atoms with Gasteiger partial charge in [0.05, 0.1) is 10.2 Å². The summed E-state index contributed by atoms with van der Waals surface area (Å²) >= 11 is 10.3. The minimum atomic E-state index is -0.875. The number of carbonyl (C=O) groups is 3. The van der Waals surface area contributed by atoms with Gasteiger partial charge in [-0.05, 0) is 76.1 Å². The van der Waals surface area contributed by atoms with E-state index in [0.29, 0.717) is 20.3 Å². The summed E-state index contributed by atoms with van der Waals surface area (Å²) in [5.74, 6) is -1.21. The normalized spacial score (nSPS) is 15.0. The Balaban J connectivity index is 1.70. The van der Waals surface area contributed by atoms with Gasteiger partial charge in [-0.25, -0.2) is 9.69 Å². The molecule has 0 bridgehead atoms. The molecule has 34 heavy (non-hydrogen) atoms. The molecule has 0 unspecified atom stereocenters. The van der Waals surface area contributed by atoms with E-state index in [4.69, 9.17) is 4.74 Å². The number of aromatic hydroxyl groups is 1. The number of rotatable bonds is 5. The first-order valence-electron chi connectivity index (χ1n) is 9.79. The molecular formula is C24H15Br3N2O5. The van der Waals surface area contributed by atoms with Crippen molar-refractivity contribution >= 4 is 77.4 Å². The van der Waals surface area contributed by atoms with Crippen LogP contribution in [0.3, 0.4) is 0 Å². The summed E-state index contributed by atoms with van der Waals surface area (Å²) in [5, 5.41) is 11.7. The number of benzene rings is 3. The number of phenolic OH excluding ortho intramolecular Hbond substituents is 1. The fourth-order valence-corrected chi connectivity index (χ4v) is 4.86. The summed E-state index contributed by atoms with van der Waals surface area (Å²) in [4.78, 5) is 39.0. The highest BCUT2D eigenvalue weighted by molar-refractivity contribution is 9.11. The first kappa shape index (κ1) is 24.2.